The molecule has 0 radical (unpaired) electrons. The summed E-state index contributed by atoms with van der Waals surface area (Å²) in [5, 5.41) is 8.76. The van der Waals surface area contributed by atoms with Crippen molar-refractivity contribution in [2.75, 3.05) is 0 Å². The van der Waals surface area contributed by atoms with Gasteiger partial charge in [-0.1, -0.05) is 61.7 Å². The molecule has 2 aromatic carbocycles. The maximum absolute atomic E-state index is 13.2. The molecule has 2 bridgehead atoms. The molecular weight excluding hydrogens is 422 g/mol. The predicted octanol–water partition coefficient (Wildman–Crippen LogP) is 5.47. The van der Waals surface area contributed by atoms with E-state index in [9.17, 15) is 13.2 Å². The fourth-order valence-corrected chi connectivity index (χ4v) is 7.08. The van der Waals surface area contributed by atoms with Gasteiger partial charge in [0.2, 0.25) is 10.0 Å². The normalized spacial score (nSPS) is 24.6. The van der Waals surface area contributed by atoms with Gasteiger partial charge in [0.25, 0.3) is 0 Å². The van der Waals surface area contributed by atoms with Gasteiger partial charge >= 0.3 is 5.97 Å². The van der Waals surface area contributed by atoms with Crippen molar-refractivity contribution in [1.29, 1.82) is 0 Å². The first-order valence-corrected chi connectivity index (χ1v) is 13.3. The molecule has 0 amide bonds. The Bertz CT molecular complexity index is 1000. The van der Waals surface area contributed by atoms with E-state index in [-0.39, 0.29) is 12.5 Å². The molecule has 0 heterocycles. The number of aliphatic carboxylic acids is 1. The molecule has 32 heavy (non-hydrogen) atoms. The molecule has 5 nitrogen and oxygen atoms in total. The summed E-state index contributed by atoms with van der Waals surface area (Å²) in [5.41, 5.74) is 2.08. The third kappa shape index (κ3) is 5.41. The van der Waals surface area contributed by atoms with E-state index >= 15 is 0 Å². The molecular formula is C26H33NO4S. The zero-order valence-electron chi connectivity index (χ0n) is 18.4. The van der Waals surface area contributed by atoms with Gasteiger partial charge in [-0.05, 0) is 73.1 Å². The number of rotatable bonds is 11. The topological polar surface area (TPSA) is 83.5 Å². The Morgan fingerprint density at radius 2 is 1.53 bits per heavy atom. The third-order valence-electron chi connectivity index (χ3n) is 7.33. The number of nitrogens with one attached hydrogen (secondary N) is 1. The summed E-state index contributed by atoms with van der Waals surface area (Å²) in [7, 11) is -3.56. The first kappa shape index (κ1) is 23.0. The summed E-state index contributed by atoms with van der Waals surface area (Å²) in [6.07, 6.45) is 8.41. The standard InChI is InChI=1S/C26H33NO4S/c28-25(29)11-7-2-1-6-10-24-21-12-13-22(18-21)26(24)27-32(30,31)23-16-14-20(15-17-23)19-8-4-3-5-9-19/h3-5,8-9,14-17,21-22,24,26-27H,1-2,6-7,10-13,18H2,(H,28,29)/t21-,22?,24?,26?/m0/s1. The monoisotopic (exact) mass is 455 g/mol. The number of carbonyl (C=O) groups is 1. The van der Waals surface area contributed by atoms with E-state index in [2.05, 4.69) is 4.72 Å². The predicted molar refractivity (Wildman–Crippen MR) is 126 cm³/mol. The van der Waals surface area contributed by atoms with Gasteiger partial charge in [-0.3, -0.25) is 4.79 Å². The Hall–Kier alpha value is -2.18. The van der Waals surface area contributed by atoms with Gasteiger partial charge in [0.15, 0.2) is 0 Å². The summed E-state index contributed by atoms with van der Waals surface area (Å²) in [6, 6.07) is 17.1. The van der Waals surface area contributed by atoms with Crippen molar-refractivity contribution in [3.63, 3.8) is 0 Å². The highest BCUT2D eigenvalue weighted by atomic mass is 32.2. The van der Waals surface area contributed by atoms with Crippen molar-refractivity contribution in [2.24, 2.45) is 17.8 Å². The number of sulfonamides is 1. The van der Waals surface area contributed by atoms with Crippen LogP contribution in [0.4, 0.5) is 0 Å². The molecule has 0 aromatic heterocycles. The van der Waals surface area contributed by atoms with Crippen LogP contribution < -0.4 is 4.72 Å². The van der Waals surface area contributed by atoms with Crippen LogP contribution in [0.1, 0.15) is 57.8 Å². The van der Waals surface area contributed by atoms with Crippen LogP contribution in [0.3, 0.4) is 0 Å². The quantitative estimate of drug-likeness (QED) is 0.440. The number of carboxylic acid groups (broad SMARTS) is 1. The van der Waals surface area contributed by atoms with Crippen LogP contribution in [0.2, 0.25) is 0 Å². The highest BCUT2D eigenvalue weighted by Gasteiger charge is 2.48. The van der Waals surface area contributed by atoms with Gasteiger partial charge in [-0.25, -0.2) is 13.1 Å². The first-order chi connectivity index (χ1) is 15.4. The second-order valence-corrected chi connectivity index (χ2v) is 11.1. The maximum atomic E-state index is 13.2. The number of hydrogen-bond donors (Lipinski definition) is 2. The lowest BCUT2D eigenvalue weighted by Crippen LogP contribution is -2.43. The molecule has 3 unspecified atom stereocenters. The average molecular weight is 456 g/mol. The lowest BCUT2D eigenvalue weighted by molar-refractivity contribution is -0.137. The second-order valence-electron chi connectivity index (χ2n) is 9.38. The average Bonchev–Trinajstić information content (AvgIpc) is 3.39. The summed E-state index contributed by atoms with van der Waals surface area (Å²) in [6.45, 7) is 0. The van der Waals surface area contributed by atoms with Gasteiger partial charge < -0.3 is 5.11 Å². The first-order valence-electron chi connectivity index (χ1n) is 11.8. The highest BCUT2D eigenvalue weighted by Crippen LogP contribution is 2.50. The largest absolute Gasteiger partial charge is 0.481 e. The maximum Gasteiger partial charge on any atom is 0.303 e. The van der Waals surface area contributed by atoms with E-state index in [1.807, 2.05) is 42.5 Å². The van der Waals surface area contributed by atoms with Crippen molar-refractivity contribution in [2.45, 2.75) is 68.7 Å². The van der Waals surface area contributed by atoms with Crippen LogP contribution in [0.15, 0.2) is 59.5 Å². The Morgan fingerprint density at radius 1 is 0.875 bits per heavy atom. The number of fused-ring (bicyclic) bond motifs is 2. The summed E-state index contributed by atoms with van der Waals surface area (Å²) in [4.78, 5) is 11.0. The second kappa shape index (κ2) is 10.2. The molecule has 2 aliphatic rings. The molecule has 2 aromatic rings. The Kier molecular flexibility index (Phi) is 7.31. The van der Waals surface area contributed by atoms with E-state index in [4.69, 9.17) is 5.11 Å². The van der Waals surface area contributed by atoms with Gasteiger partial charge in [-0.15, -0.1) is 0 Å². The Morgan fingerprint density at radius 3 is 2.25 bits per heavy atom. The van der Waals surface area contributed by atoms with Crippen LogP contribution in [0.5, 0.6) is 0 Å². The van der Waals surface area contributed by atoms with Crippen molar-refractivity contribution in [3.8, 4) is 11.1 Å². The zero-order chi connectivity index (χ0) is 22.6. The number of carboxylic acids is 1. The van der Waals surface area contributed by atoms with Crippen molar-refractivity contribution >= 4 is 16.0 Å². The third-order valence-corrected chi connectivity index (χ3v) is 8.80. The van der Waals surface area contributed by atoms with Gasteiger partial charge in [-0.2, -0.15) is 0 Å². The molecule has 2 N–H and O–H groups in total. The summed E-state index contributed by atoms with van der Waals surface area (Å²) < 4.78 is 29.4. The van der Waals surface area contributed by atoms with E-state index < -0.39 is 16.0 Å². The number of hydrogen-bond acceptors (Lipinski definition) is 3. The highest BCUT2D eigenvalue weighted by molar-refractivity contribution is 7.89. The summed E-state index contributed by atoms with van der Waals surface area (Å²) in [5.74, 6) is 0.721. The minimum absolute atomic E-state index is 0.0200. The van der Waals surface area contributed by atoms with Crippen LogP contribution in [0, 0.1) is 17.8 Å². The van der Waals surface area contributed by atoms with E-state index in [0.717, 1.165) is 56.1 Å². The van der Waals surface area contributed by atoms with Crippen molar-refractivity contribution in [1.82, 2.24) is 4.72 Å². The fourth-order valence-electron chi connectivity index (χ4n) is 5.72. The SMILES string of the molecule is O=C(O)CCCCCCC1C(NS(=O)(=O)c2ccc(-c3ccccc3)cc2)C2CC[C@H]1C2. The zero-order valence-corrected chi connectivity index (χ0v) is 19.3. The van der Waals surface area contributed by atoms with E-state index in [1.165, 1.54) is 6.42 Å². The molecule has 6 heteroatoms. The molecule has 0 saturated heterocycles. The van der Waals surface area contributed by atoms with E-state index in [1.54, 1.807) is 12.1 Å². The smallest absolute Gasteiger partial charge is 0.303 e. The number of unbranched alkanes of at least 4 members (excludes halogenated alkanes) is 3. The molecule has 0 aliphatic heterocycles. The lowest BCUT2D eigenvalue weighted by Gasteiger charge is -2.31. The van der Waals surface area contributed by atoms with E-state index in [0.29, 0.717) is 22.6 Å². The minimum atomic E-state index is -3.56. The van der Waals surface area contributed by atoms with Crippen molar-refractivity contribution in [3.05, 3.63) is 54.6 Å². The number of benzene rings is 2. The van der Waals surface area contributed by atoms with Gasteiger partial charge in [0.1, 0.15) is 0 Å². The van der Waals surface area contributed by atoms with Crippen LogP contribution in [0.25, 0.3) is 11.1 Å². The molecule has 2 fully saturated rings. The van der Waals surface area contributed by atoms with Crippen LogP contribution in [-0.2, 0) is 14.8 Å². The Labute approximate surface area is 191 Å². The summed E-state index contributed by atoms with van der Waals surface area (Å²) >= 11 is 0. The molecule has 0 spiro atoms. The van der Waals surface area contributed by atoms with Crippen LogP contribution >= 0.6 is 0 Å². The fraction of sp³-hybridized carbons (Fsp3) is 0.500. The van der Waals surface area contributed by atoms with Crippen molar-refractivity contribution < 1.29 is 18.3 Å². The van der Waals surface area contributed by atoms with Crippen LogP contribution in [-0.4, -0.2) is 25.5 Å². The minimum Gasteiger partial charge on any atom is -0.481 e. The molecule has 2 saturated carbocycles. The molecule has 172 valence electrons. The van der Waals surface area contributed by atoms with Gasteiger partial charge in [0.05, 0.1) is 4.90 Å². The molecule has 4 rings (SSSR count). The molecule has 4 atom stereocenters. The Balaban J connectivity index is 1.37. The van der Waals surface area contributed by atoms with Gasteiger partial charge in [0, 0.05) is 12.5 Å². The molecule has 2 aliphatic carbocycles. The lowest BCUT2D eigenvalue weighted by atomic mass is 9.81.